The van der Waals surface area contributed by atoms with Crippen molar-refractivity contribution >= 4 is 5.91 Å². The number of hydrogen-bond donors (Lipinski definition) is 0. The molecule has 126 valence electrons. The van der Waals surface area contributed by atoms with Gasteiger partial charge in [0.1, 0.15) is 0 Å². The quantitative estimate of drug-likeness (QED) is 0.718. The maximum atomic E-state index is 12.6. The number of carbonyl (C=O) groups excluding carboxylic acids is 1. The molecule has 0 fully saturated rings. The highest BCUT2D eigenvalue weighted by Crippen LogP contribution is 2.19. The van der Waals surface area contributed by atoms with E-state index in [-0.39, 0.29) is 5.91 Å². The summed E-state index contributed by atoms with van der Waals surface area (Å²) in [7, 11) is 3.36. The van der Waals surface area contributed by atoms with Crippen LogP contribution in [0.4, 0.5) is 0 Å². The molecule has 3 rings (SSSR count). The Balaban J connectivity index is 1.71. The Morgan fingerprint density at radius 1 is 0.960 bits per heavy atom. The van der Waals surface area contributed by atoms with Gasteiger partial charge in [-0.25, -0.2) is 0 Å². The Labute approximate surface area is 146 Å². The lowest BCUT2D eigenvalue weighted by Crippen LogP contribution is -2.26. The van der Waals surface area contributed by atoms with Crippen molar-refractivity contribution in [3.8, 4) is 17.1 Å². The first-order valence-electron chi connectivity index (χ1n) is 7.95. The van der Waals surface area contributed by atoms with Gasteiger partial charge in [0, 0.05) is 30.8 Å². The zero-order valence-corrected chi connectivity index (χ0v) is 14.2. The standard InChI is InChI=1S/C20H19N3O2/c1-23(14-15-6-4-3-5-7-15)20(24)17-10-8-16(9-11-17)18-12-13-19(25-2)22-21-18/h3-13H,14H2,1-2H3. The van der Waals surface area contributed by atoms with E-state index in [0.29, 0.717) is 18.0 Å². The number of aromatic nitrogens is 2. The summed E-state index contributed by atoms with van der Waals surface area (Å²) in [5.41, 5.74) is 3.38. The van der Waals surface area contributed by atoms with E-state index in [1.54, 1.807) is 25.1 Å². The maximum absolute atomic E-state index is 12.6. The summed E-state index contributed by atoms with van der Waals surface area (Å²) in [6.45, 7) is 0.575. The second-order valence-corrected chi connectivity index (χ2v) is 5.69. The molecule has 0 bridgehead atoms. The Morgan fingerprint density at radius 2 is 1.68 bits per heavy atom. The van der Waals surface area contributed by atoms with Crippen molar-refractivity contribution < 1.29 is 9.53 Å². The Morgan fingerprint density at radius 3 is 2.28 bits per heavy atom. The number of amides is 1. The van der Waals surface area contributed by atoms with Gasteiger partial charge in [-0.15, -0.1) is 10.2 Å². The highest BCUT2D eigenvalue weighted by atomic mass is 16.5. The van der Waals surface area contributed by atoms with Crippen LogP contribution >= 0.6 is 0 Å². The molecular weight excluding hydrogens is 314 g/mol. The van der Waals surface area contributed by atoms with Gasteiger partial charge in [0.2, 0.25) is 5.88 Å². The largest absolute Gasteiger partial charge is 0.480 e. The molecule has 1 amide bonds. The highest BCUT2D eigenvalue weighted by molar-refractivity contribution is 5.94. The van der Waals surface area contributed by atoms with Crippen molar-refractivity contribution in [2.45, 2.75) is 6.54 Å². The molecule has 5 nitrogen and oxygen atoms in total. The Kier molecular flexibility index (Phi) is 5.04. The minimum Gasteiger partial charge on any atom is -0.480 e. The Bertz CT molecular complexity index is 831. The van der Waals surface area contributed by atoms with Gasteiger partial charge < -0.3 is 9.64 Å². The molecule has 3 aromatic rings. The van der Waals surface area contributed by atoms with Crippen LogP contribution in [-0.4, -0.2) is 35.2 Å². The minimum atomic E-state index is -0.0174. The summed E-state index contributed by atoms with van der Waals surface area (Å²) in [6, 6.07) is 20.9. The fourth-order valence-corrected chi connectivity index (χ4v) is 2.52. The van der Waals surface area contributed by atoms with E-state index in [1.807, 2.05) is 60.7 Å². The Hall–Kier alpha value is -3.21. The third kappa shape index (κ3) is 4.01. The van der Waals surface area contributed by atoms with E-state index in [1.165, 1.54) is 0 Å². The SMILES string of the molecule is COc1ccc(-c2ccc(C(=O)N(C)Cc3ccccc3)cc2)nn1. The van der Waals surface area contributed by atoms with Crippen LogP contribution in [0.3, 0.4) is 0 Å². The fourth-order valence-electron chi connectivity index (χ4n) is 2.52. The molecule has 0 unspecified atom stereocenters. The molecule has 2 aromatic carbocycles. The first-order valence-corrected chi connectivity index (χ1v) is 7.95. The third-order valence-corrected chi connectivity index (χ3v) is 3.89. The zero-order chi connectivity index (χ0) is 17.6. The van der Waals surface area contributed by atoms with Crippen LogP contribution in [-0.2, 0) is 6.54 Å². The van der Waals surface area contributed by atoms with Gasteiger partial charge in [-0.1, -0.05) is 42.5 Å². The number of carbonyl (C=O) groups is 1. The second kappa shape index (κ2) is 7.57. The van der Waals surface area contributed by atoms with Crippen molar-refractivity contribution in [3.05, 3.63) is 77.9 Å². The monoisotopic (exact) mass is 333 g/mol. The molecule has 0 saturated heterocycles. The number of ether oxygens (including phenoxy) is 1. The van der Waals surface area contributed by atoms with Crippen LogP contribution in [0.15, 0.2) is 66.7 Å². The highest BCUT2D eigenvalue weighted by Gasteiger charge is 2.12. The van der Waals surface area contributed by atoms with E-state index in [0.717, 1.165) is 16.8 Å². The predicted octanol–water partition coefficient (Wildman–Crippen LogP) is 3.42. The van der Waals surface area contributed by atoms with E-state index in [4.69, 9.17) is 4.74 Å². The molecule has 0 radical (unpaired) electrons. The molecule has 1 aromatic heterocycles. The van der Waals surface area contributed by atoms with Gasteiger partial charge in [0.15, 0.2) is 0 Å². The van der Waals surface area contributed by atoms with Crippen LogP contribution in [0.2, 0.25) is 0 Å². The zero-order valence-electron chi connectivity index (χ0n) is 14.2. The maximum Gasteiger partial charge on any atom is 0.253 e. The summed E-state index contributed by atoms with van der Waals surface area (Å²) in [5, 5.41) is 8.07. The van der Waals surface area contributed by atoms with Gasteiger partial charge in [0.25, 0.3) is 5.91 Å². The van der Waals surface area contributed by atoms with Gasteiger partial charge in [0.05, 0.1) is 12.8 Å². The number of methoxy groups -OCH3 is 1. The fraction of sp³-hybridized carbons (Fsp3) is 0.150. The van der Waals surface area contributed by atoms with Gasteiger partial charge >= 0.3 is 0 Å². The molecule has 0 aliphatic rings. The average molecular weight is 333 g/mol. The van der Waals surface area contributed by atoms with Crippen molar-refractivity contribution in [3.63, 3.8) is 0 Å². The number of rotatable bonds is 5. The van der Waals surface area contributed by atoms with Gasteiger partial charge in [-0.05, 0) is 23.8 Å². The lowest BCUT2D eigenvalue weighted by molar-refractivity contribution is 0.0785. The minimum absolute atomic E-state index is 0.0174. The summed E-state index contributed by atoms with van der Waals surface area (Å²) in [5.74, 6) is 0.453. The normalized spacial score (nSPS) is 10.3. The second-order valence-electron chi connectivity index (χ2n) is 5.69. The van der Waals surface area contributed by atoms with Crippen molar-refractivity contribution in [2.24, 2.45) is 0 Å². The molecular formula is C20H19N3O2. The molecule has 0 aliphatic carbocycles. The van der Waals surface area contributed by atoms with Crippen LogP contribution < -0.4 is 4.74 Å². The predicted molar refractivity (Wildman–Crippen MR) is 96.3 cm³/mol. The number of nitrogens with zero attached hydrogens (tertiary/aromatic N) is 3. The molecule has 0 N–H and O–H groups in total. The third-order valence-electron chi connectivity index (χ3n) is 3.89. The average Bonchev–Trinajstić information content (AvgIpc) is 2.68. The first kappa shape index (κ1) is 16.6. The molecule has 0 atom stereocenters. The van der Waals surface area contributed by atoms with Crippen molar-refractivity contribution in [1.29, 1.82) is 0 Å². The molecule has 0 saturated carbocycles. The van der Waals surface area contributed by atoms with Gasteiger partial charge in [-0.2, -0.15) is 0 Å². The van der Waals surface area contributed by atoms with Crippen LogP contribution in [0, 0.1) is 0 Å². The van der Waals surface area contributed by atoms with E-state index in [9.17, 15) is 4.79 Å². The number of benzene rings is 2. The van der Waals surface area contributed by atoms with Crippen LogP contribution in [0.5, 0.6) is 5.88 Å². The summed E-state index contributed by atoms with van der Waals surface area (Å²) < 4.78 is 5.01. The molecule has 0 spiro atoms. The number of hydrogen-bond acceptors (Lipinski definition) is 4. The summed E-state index contributed by atoms with van der Waals surface area (Å²) in [4.78, 5) is 14.3. The van der Waals surface area contributed by atoms with Crippen LogP contribution in [0.1, 0.15) is 15.9 Å². The van der Waals surface area contributed by atoms with Gasteiger partial charge in [-0.3, -0.25) is 4.79 Å². The van der Waals surface area contributed by atoms with Crippen molar-refractivity contribution in [2.75, 3.05) is 14.2 Å². The lowest BCUT2D eigenvalue weighted by Gasteiger charge is -2.17. The van der Waals surface area contributed by atoms with E-state index >= 15 is 0 Å². The van der Waals surface area contributed by atoms with E-state index < -0.39 is 0 Å². The van der Waals surface area contributed by atoms with E-state index in [2.05, 4.69) is 10.2 Å². The lowest BCUT2D eigenvalue weighted by atomic mass is 10.1. The summed E-state index contributed by atoms with van der Waals surface area (Å²) in [6.07, 6.45) is 0. The summed E-state index contributed by atoms with van der Waals surface area (Å²) >= 11 is 0. The smallest absolute Gasteiger partial charge is 0.253 e. The first-order chi connectivity index (χ1) is 12.2. The molecule has 0 aliphatic heterocycles. The topological polar surface area (TPSA) is 55.3 Å². The molecule has 25 heavy (non-hydrogen) atoms. The van der Waals surface area contributed by atoms with Crippen molar-refractivity contribution in [1.82, 2.24) is 15.1 Å². The molecule has 5 heteroatoms. The molecule has 1 heterocycles. The van der Waals surface area contributed by atoms with Crippen LogP contribution in [0.25, 0.3) is 11.3 Å².